The molecule has 1 N–H and O–H groups in total. The number of amides is 1. The fourth-order valence-corrected chi connectivity index (χ4v) is 4.13. The molecule has 3 rings (SSSR count). The maximum atomic E-state index is 12.8. The fourth-order valence-electron chi connectivity index (χ4n) is 4.13. The molecule has 0 aromatic heterocycles. The predicted octanol–water partition coefficient (Wildman–Crippen LogP) is 2.41. The lowest BCUT2D eigenvalue weighted by Crippen LogP contribution is -2.51. The second kappa shape index (κ2) is 6.62. The first-order chi connectivity index (χ1) is 11.1. The number of aliphatic hydroxyl groups excluding tert-OH is 1. The zero-order valence-electron chi connectivity index (χ0n) is 14.3. The van der Waals surface area contributed by atoms with Crippen molar-refractivity contribution in [2.45, 2.75) is 38.5 Å². The molecule has 2 heterocycles. The molecule has 0 atom stereocenters. The number of benzene rings is 1. The third kappa shape index (κ3) is 3.15. The van der Waals surface area contributed by atoms with Gasteiger partial charge in [0.1, 0.15) is 0 Å². The molecule has 4 nitrogen and oxygen atoms in total. The molecule has 1 spiro atoms. The molecule has 0 unspecified atom stereocenters. The number of fused-ring (bicyclic) bond motifs is 2. The Morgan fingerprint density at radius 1 is 1.22 bits per heavy atom. The van der Waals surface area contributed by atoms with Crippen LogP contribution in [0.5, 0.6) is 0 Å². The summed E-state index contributed by atoms with van der Waals surface area (Å²) >= 11 is 0. The topological polar surface area (TPSA) is 43.8 Å². The van der Waals surface area contributed by atoms with Crippen molar-refractivity contribution < 1.29 is 9.90 Å². The van der Waals surface area contributed by atoms with E-state index in [0.29, 0.717) is 12.3 Å². The van der Waals surface area contributed by atoms with Gasteiger partial charge in [0.05, 0.1) is 6.61 Å². The number of anilines is 1. The van der Waals surface area contributed by atoms with Crippen molar-refractivity contribution in [2.75, 3.05) is 37.7 Å². The maximum Gasteiger partial charge on any atom is 0.227 e. The Bertz CT molecular complexity index is 562. The highest BCUT2D eigenvalue weighted by molar-refractivity contribution is 5.98. The zero-order valence-corrected chi connectivity index (χ0v) is 14.3. The molecular formula is C19H28N2O2. The summed E-state index contributed by atoms with van der Waals surface area (Å²) < 4.78 is 0. The highest BCUT2D eigenvalue weighted by atomic mass is 16.3. The molecule has 1 saturated heterocycles. The number of carbonyl (C=O) groups excluding carboxylic acids is 1. The van der Waals surface area contributed by atoms with Gasteiger partial charge >= 0.3 is 0 Å². The summed E-state index contributed by atoms with van der Waals surface area (Å²) in [6, 6.07) is 8.47. The van der Waals surface area contributed by atoms with E-state index >= 15 is 0 Å². The number of likely N-dealkylation sites (tertiary alicyclic amines) is 1. The minimum atomic E-state index is -0.00683. The van der Waals surface area contributed by atoms with Crippen molar-refractivity contribution in [3.63, 3.8) is 0 Å². The number of hydrogen-bond donors (Lipinski definition) is 1. The second-order valence-electron chi connectivity index (χ2n) is 7.44. The van der Waals surface area contributed by atoms with Crippen LogP contribution < -0.4 is 4.90 Å². The molecule has 4 heteroatoms. The monoisotopic (exact) mass is 316 g/mol. The van der Waals surface area contributed by atoms with Crippen molar-refractivity contribution >= 4 is 11.6 Å². The maximum absolute atomic E-state index is 12.8. The van der Waals surface area contributed by atoms with Gasteiger partial charge in [-0.25, -0.2) is 0 Å². The van der Waals surface area contributed by atoms with Crippen LogP contribution >= 0.6 is 0 Å². The van der Waals surface area contributed by atoms with Gasteiger partial charge in [0.15, 0.2) is 0 Å². The summed E-state index contributed by atoms with van der Waals surface area (Å²) in [5, 5.41) is 9.14. The van der Waals surface area contributed by atoms with E-state index < -0.39 is 0 Å². The van der Waals surface area contributed by atoms with Crippen LogP contribution in [0.15, 0.2) is 24.3 Å². The molecule has 1 fully saturated rings. The Morgan fingerprint density at radius 2 is 1.91 bits per heavy atom. The minimum absolute atomic E-state index is 0.00683. The number of piperidine rings is 1. The average Bonchev–Trinajstić information content (AvgIpc) is 2.54. The summed E-state index contributed by atoms with van der Waals surface area (Å²) in [6.07, 6.45) is 2.64. The van der Waals surface area contributed by atoms with Crippen LogP contribution in [0.2, 0.25) is 0 Å². The van der Waals surface area contributed by atoms with E-state index in [4.69, 9.17) is 5.11 Å². The molecule has 1 aromatic rings. The molecule has 0 aliphatic carbocycles. The van der Waals surface area contributed by atoms with Gasteiger partial charge in [-0.05, 0) is 43.5 Å². The van der Waals surface area contributed by atoms with Crippen molar-refractivity contribution in [2.24, 2.45) is 5.92 Å². The van der Waals surface area contributed by atoms with Gasteiger partial charge in [-0.2, -0.15) is 0 Å². The number of hydrogen-bond acceptors (Lipinski definition) is 3. The molecule has 0 radical (unpaired) electrons. The highest BCUT2D eigenvalue weighted by Gasteiger charge is 2.44. The summed E-state index contributed by atoms with van der Waals surface area (Å²) in [5.41, 5.74) is 2.46. The van der Waals surface area contributed by atoms with E-state index in [1.807, 2.05) is 11.0 Å². The van der Waals surface area contributed by atoms with Crippen LogP contribution in [0.1, 0.15) is 38.7 Å². The quantitative estimate of drug-likeness (QED) is 0.928. The third-order valence-corrected chi connectivity index (χ3v) is 5.33. The SMILES string of the molecule is CC(C)CN1C(=O)CC2(CCN(CCO)CC2)c2ccccc21. The number of rotatable bonds is 4. The van der Waals surface area contributed by atoms with Crippen molar-refractivity contribution in [3.05, 3.63) is 29.8 Å². The third-order valence-electron chi connectivity index (χ3n) is 5.33. The van der Waals surface area contributed by atoms with Crippen LogP contribution in [0.4, 0.5) is 5.69 Å². The lowest BCUT2D eigenvalue weighted by molar-refractivity contribution is -0.121. The molecule has 0 saturated carbocycles. The number of carbonyl (C=O) groups is 1. The van der Waals surface area contributed by atoms with E-state index in [9.17, 15) is 4.79 Å². The molecule has 0 bridgehead atoms. The fraction of sp³-hybridized carbons (Fsp3) is 0.632. The molecule has 1 amide bonds. The summed E-state index contributed by atoms with van der Waals surface area (Å²) in [7, 11) is 0. The van der Waals surface area contributed by atoms with E-state index in [1.165, 1.54) is 5.56 Å². The Hall–Kier alpha value is -1.39. The number of para-hydroxylation sites is 1. The lowest BCUT2D eigenvalue weighted by Gasteiger charge is -2.47. The van der Waals surface area contributed by atoms with E-state index in [0.717, 1.165) is 44.7 Å². The van der Waals surface area contributed by atoms with E-state index in [-0.39, 0.29) is 17.9 Å². The van der Waals surface area contributed by atoms with Crippen LogP contribution in [-0.2, 0) is 10.2 Å². The number of aliphatic hydroxyl groups is 1. The van der Waals surface area contributed by atoms with E-state index in [2.05, 4.69) is 36.9 Å². The van der Waals surface area contributed by atoms with Gasteiger partial charge < -0.3 is 14.9 Å². The number of nitrogens with zero attached hydrogens (tertiary/aromatic N) is 2. The largest absolute Gasteiger partial charge is 0.395 e. The van der Waals surface area contributed by atoms with Crippen LogP contribution in [0, 0.1) is 5.92 Å². The Kier molecular flexibility index (Phi) is 4.74. The van der Waals surface area contributed by atoms with Crippen LogP contribution in [0.3, 0.4) is 0 Å². The molecule has 126 valence electrons. The first-order valence-corrected chi connectivity index (χ1v) is 8.79. The first-order valence-electron chi connectivity index (χ1n) is 8.79. The van der Waals surface area contributed by atoms with Crippen LogP contribution in [-0.4, -0.2) is 48.7 Å². The van der Waals surface area contributed by atoms with Crippen LogP contribution in [0.25, 0.3) is 0 Å². The minimum Gasteiger partial charge on any atom is -0.395 e. The van der Waals surface area contributed by atoms with Crippen molar-refractivity contribution in [1.82, 2.24) is 4.90 Å². The summed E-state index contributed by atoms with van der Waals surface area (Å²) in [4.78, 5) is 17.1. The molecule has 23 heavy (non-hydrogen) atoms. The van der Waals surface area contributed by atoms with Crippen molar-refractivity contribution in [1.29, 1.82) is 0 Å². The summed E-state index contributed by atoms with van der Waals surface area (Å²) in [5.74, 6) is 0.737. The van der Waals surface area contributed by atoms with Gasteiger partial charge in [-0.3, -0.25) is 4.79 Å². The standard InChI is InChI=1S/C19H28N2O2/c1-15(2)14-21-17-6-4-3-5-16(17)19(13-18(21)23)7-9-20(10-8-19)11-12-22/h3-6,15,22H,7-14H2,1-2H3. The van der Waals surface area contributed by atoms with Gasteiger partial charge in [0, 0.05) is 30.6 Å². The normalized spacial score (nSPS) is 21.0. The van der Waals surface area contributed by atoms with Gasteiger partial charge in [-0.15, -0.1) is 0 Å². The molecule has 2 aliphatic heterocycles. The Morgan fingerprint density at radius 3 is 2.57 bits per heavy atom. The lowest BCUT2D eigenvalue weighted by atomic mass is 9.67. The molecular weight excluding hydrogens is 288 g/mol. The van der Waals surface area contributed by atoms with Gasteiger partial charge in [0.2, 0.25) is 5.91 Å². The Balaban J connectivity index is 1.90. The highest BCUT2D eigenvalue weighted by Crippen LogP contribution is 2.47. The summed E-state index contributed by atoms with van der Waals surface area (Å²) in [6.45, 7) is 8.00. The second-order valence-corrected chi connectivity index (χ2v) is 7.44. The number of β-amino-alcohol motifs (C(OH)–C–C–N with tert-alkyl or cyclic N) is 1. The van der Waals surface area contributed by atoms with Gasteiger partial charge in [0.25, 0.3) is 0 Å². The van der Waals surface area contributed by atoms with Gasteiger partial charge in [-0.1, -0.05) is 32.0 Å². The first kappa shape index (κ1) is 16.5. The predicted molar refractivity (Wildman–Crippen MR) is 92.7 cm³/mol. The zero-order chi connectivity index (χ0) is 16.4. The molecule has 1 aromatic carbocycles. The average molecular weight is 316 g/mol. The smallest absolute Gasteiger partial charge is 0.227 e. The molecule has 2 aliphatic rings. The van der Waals surface area contributed by atoms with Crippen molar-refractivity contribution in [3.8, 4) is 0 Å². The van der Waals surface area contributed by atoms with E-state index in [1.54, 1.807) is 0 Å². The Labute approximate surface area is 139 Å².